The van der Waals surface area contributed by atoms with Gasteiger partial charge < -0.3 is 14.6 Å². The summed E-state index contributed by atoms with van der Waals surface area (Å²) < 4.78 is 32.9. The van der Waals surface area contributed by atoms with Crippen LogP contribution in [-0.4, -0.2) is 46.8 Å². The second kappa shape index (κ2) is 9.47. The minimum atomic E-state index is -3.12. The number of halogens is 2. The highest BCUT2D eigenvalue weighted by atomic mass is 19.3. The lowest BCUT2D eigenvalue weighted by atomic mass is 10.0. The van der Waals surface area contributed by atoms with Crippen LogP contribution in [0.1, 0.15) is 33.5 Å². The number of fused-ring (bicyclic) bond motifs is 2. The van der Waals surface area contributed by atoms with Crippen LogP contribution in [0.5, 0.6) is 0 Å². The average Bonchev–Trinajstić information content (AvgIpc) is 3.43. The van der Waals surface area contributed by atoms with Crippen molar-refractivity contribution >= 4 is 45.8 Å². The number of alkyl halides is 2. The van der Waals surface area contributed by atoms with E-state index in [1.54, 1.807) is 18.4 Å². The first-order chi connectivity index (χ1) is 17.7. The van der Waals surface area contributed by atoms with Gasteiger partial charge in [-0.25, -0.2) is 8.78 Å². The lowest BCUT2D eigenvalue weighted by Crippen LogP contribution is -2.43. The van der Waals surface area contributed by atoms with Gasteiger partial charge >= 0.3 is 0 Å². The summed E-state index contributed by atoms with van der Waals surface area (Å²) in [5.74, 6) is -4.39. The lowest BCUT2D eigenvalue weighted by molar-refractivity contribution is -0.131. The van der Waals surface area contributed by atoms with Gasteiger partial charge in [-0.05, 0) is 47.9 Å². The number of furan rings is 1. The van der Waals surface area contributed by atoms with Crippen LogP contribution in [-0.2, 0) is 4.79 Å². The number of rotatable bonds is 5. The van der Waals surface area contributed by atoms with Crippen molar-refractivity contribution in [3.63, 3.8) is 0 Å². The van der Waals surface area contributed by atoms with Crippen LogP contribution in [0, 0.1) is 18.3 Å². The quantitative estimate of drug-likeness (QED) is 0.391. The molecule has 4 aromatic rings. The smallest absolute Gasteiger partial charge is 0.268 e. The number of carbonyl (C=O) groups excluding carboxylic acids is 2. The summed E-state index contributed by atoms with van der Waals surface area (Å²) in [6, 6.07) is 13.5. The molecule has 5 rings (SSSR count). The molecule has 9 heteroatoms. The summed E-state index contributed by atoms with van der Waals surface area (Å²) in [6.07, 6.45) is 6.34. The molecule has 1 aliphatic rings. The first-order valence-electron chi connectivity index (χ1n) is 11.6. The van der Waals surface area contributed by atoms with Gasteiger partial charge in [0.1, 0.15) is 11.6 Å². The van der Waals surface area contributed by atoms with E-state index in [0.29, 0.717) is 16.5 Å². The monoisotopic (exact) mass is 500 g/mol. The molecule has 1 fully saturated rings. The van der Waals surface area contributed by atoms with E-state index in [1.165, 1.54) is 12.3 Å². The molecular weight excluding hydrogens is 478 g/mol. The van der Waals surface area contributed by atoms with Crippen molar-refractivity contribution in [1.29, 1.82) is 5.26 Å². The highest BCUT2D eigenvalue weighted by Gasteiger charge is 2.47. The fourth-order valence-corrected chi connectivity index (χ4v) is 4.49. The Balaban J connectivity index is 1.33. The zero-order valence-corrected chi connectivity index (χ0v) is 19.9. The molecule has 0 saturated carbocycles. The van der Waals surface area contributed by atoms with E-state index >= 15 is 0 Å². The summed E-state index contributed by atoms with van der Waals surface area (Å²) in [6.45, 7) is 0.660. The molecule has 1 atom stereocenters. The number of aromatic nitrogens is 1. The molecular formula is C28H22F2N4O3. The number of likely N-dealkylation sites (tertiary alicyclic amines) is 1. The number of nitrogens with one attached hydrogen (secondary N) is 1. The molecule has 1 aliphatic heterocycles. The molecule has 0 bridgehead atoms. The van der Waals surface area contributed by atoms with E-state index in [4.69, 9.17) is 9.68 Å². The number of nitriles is 1. The van der Waals surface area contributed by atoms with Crippen LogP contribution in [0.15, 0.2) is 59.3 Å². The highest BCUT2D eigenvalue weighted by molar-refractivity contribution is 6.07. The molecule has 0 aliphatic carbocycles. The van der Waals surface area contributed by atoms with E-state index in [-0.39, 0.29) is 0 Å². The first-order valence-corrected chi connectivity index (χ1v) is 11.6. The predicted molar refractivity (Wildman–Crippen MR) is 135 cm³/mol. The average molecular weight is 501 g/mol. The number of benzene rings is 2. The van der Waals surface area contributed by atoms with Gasteiger partial charge in [0, 0.05) is 23.4 Å². The third kappa shape index (κ3) is 4.91. The number of amides is 2. The normalized spacial score (nSPS) is 16.9. The molecule has 37 heavy (non-hydrogen) atoms. The van der Waals surface area contributed by atoms with Crippen molar-refractivity contribution in [2.45, 2.75) is 25.3 Å². The topological polar surface area (TPSA) is 99.2 Å². The van der Waals surface area contributed by atoms with Gasteiger partial charge in [-0.3, -0.25) is 14.6 Å². The Morgan fingerprint density at radius 2 is 1.95 bits per heavy atom. The Morgan fingerprint density at radius 3 is 2.73 bits per heavy atom. The fraction of sp³-hybridized carbons (Fsp3) is 0.214. The molecule has 3 heterocycles. The summed E-state index contributed by atoms with van der Waals surface area (Å²) in [4.78, 5) is 30.5. The summed E-state index contributed by atoms with van der Waals surface area (Å²) in [5, 5.41) is 13.2. The number of nitrogens with zero attached hydrogens (tertiary/aromatic N) is 3. The van der Waals surface area contributed by atoms with Crippen molar-refractivity contribution in [1.82, 2.24) is 15.2 Å². The van der Waals surface area contributed by atoms with E-state index < -0.39 is 43.3 Å². The van der Waals surface area contributed by atoms with E-state index in [0.717, 1.165) is 32.6 Å². The summed E-state index contributed by atoms with van der Waals surface area (Å²) in [5.41, 5.74) is 4.54. The predicted octanol–water partition coefficient (Wildman–Crippen LogP) is 4.95. The molecule has 1 saturated heterocycles. The molecule has 7 nitrogen and oxygen atoms in total. The number of aryl methyl sites for hydroxylation is 1. The van der Waals surface area contributed by atoms with Crippen LogP contribution in [0.4, 0.5) is 8.78 Å². The SMILES string of the molecule is Cc1coc2cc(C=Cc3ccc4nccc(C(=O)NCC(=O)N5CC(F)(F)CC5C#N)c4c3)ccc12. The third-order valence-corrected chi connectivity index (χ3v) is 6.41. The van der Waals surface area contributed by atoms with Crippen molar-refractivity contribution in [3.05, 3.63) is 77.2 Å². The standard InChI is InChI=1S/C28H22F2N4O3/c1-17-15-37-25-11-19(4-6-21(17)25)3-2-18-5-7-24-23(10-18)22(8-9-32-24)27(36)33-14-26(35)34-16-28(29,30)12-20(34)13-31/h2-11,15,20H,12,14,16H2,1H3,(H,33,36). The van der Waals surface area contributed by atoms with Gasteiger partial charge in [0.2, 0.25) is 5.91 Å². The Hall–Kier alpha value is -4.58. The molecule has 0 radical (unpaired) electrons. The van der Waals surface area contributed by atoms with Gasteiger partial charge in [-0.1, -0.05) is 30.4 Å². The Kier molecular flexibility index (Phi) is 6.17. The zero-order chi connectivity index (χ0) is 26.2. The number of hydrogen-bond donors (Lipinski definition) is 1. The van der Waals surface area contributed by atoms with Crippen molar-refractivity contribution in [2.24, 2.45) is 0 Å². The van der Waals surface area contributed by atoms with E-state index in [9.17, 15) is 18.4 Å². The second-order valence-corrected chi connectivity index (χ2v) is 9.05. The van der Waals surface area contributed by atoms with E-state index in [2.05, 4.69) is 10.3 Å². The molecule has 2 aromatic carbocycles. The largest absolute Gasteiger partial charge is 0.464 e. The molecule has 1 unspecified atom stereocenters. The van der Waals surface area contributed by atoms with E-state index in [1.807, 2.05) is 49.4 Å². The van der Waals surface area contributed by atoms with Gasteiger partial charge in [-0.2, -0.15) is 5.26 Å². The Labute approximate surface area is 211 Å². The molecule has 2 amide bonds. The van der Waals surface area contributed by atoms with Crippen LogP contribution in [0.25, 0.3) is 34.0 Å². The van der Waals surface area contributed by atoms with Gasteiger partial charge in [0.25, 0.3) is 11.8 Å². The van der Waals surface area contributed by atoms with Gasteiger partial charge in [0.15, 0.2) is 0 Å². The second-order valence-electron chi connectivity index (χ2n) is 9.05. The molecule has 0 spiro atoms. The van der Waals surface area contributed by atoms with Crippen molar-refractivity contribution < 1.29 is 22.8 Å². The molecule has 1 N–H and O–H groups in total. The maximum atomic E-state index is 13.7. The molecule has 2 aromatic heterocycles. The minimum Gasteiger partial charge on any atom is -0.464 e. The van der Waals surface area contributed by atoms with Crippen LogP contribution >= 0.6 is 0 Å². The van der Waals surface area contributed by atoms with Crippen LogP contribution in [0.2, 0.25) is 0 Å². The fourth-order valence-electron chi connectivity index (χ4n) is 4.49. The Bertz CT molecular complexity index is 1600. The van der Waals surface area contributed by atoms with Crippen LogP contribution in [0.3, 0.4) is 0 Å². The number of pyridine rings is 1. The maximum absolute atomic E-state index is 13.7. The van der Waals surface area contributed by atoms with Gasteiger partial charge in [0.05, 0.1) is 36.5 Å². The van der Waals surface area contributed by atoms with Crippen LogP contribution < -0.4 is 5.32 Å². The zero-order valence-electron chi connectivity index (χ0n) is 19.9. The van der Waals surface area contributed by atoms with Crippen molar-refractivity contribution in [2.75, 3.05) is 13.1 Å². The Morgan fingerprint density at radius 1 is 1.19 bits per heavy atom. The first kappa shape index (κ1) is 24.1. The maximum Gasteiger partial charge on any atom is 0.268 e. The summed E-state index contributed by atoms with van der Waals surface area (Å²) in [7, 11) is 0. The minimum absolute atomic E-state index is 0.295. The van der Waals surface area contributed by atoms with Crippen molar-refractivity contribution in [3.8, 4) is 6.07 Å². The summed E-state index contributed by atoms with van der Waals surface area (Å²) >= 11 is 0. The lowest BCUT2D eigenvalue weighted by Gasteiger charge is -2.19. The third-order valence-electron chi connectivity index (χ3n) is 6.41. The van der Waals surface area contributed by atoms with Gasteiger partial charge in [-0.15, -0.1) is 0 Å². The highest BCUT2D eigenvalue weighted by Crippen LogP contribution is 2.31. The number of hydrogen-bond acceptors (Lipinski definition) is 5. The molecule has 186 valence electrons. The number of carbonyl (C=O) groups is 2.